The lowest BCUT2D eigenvalue weighted by Crippen LogP contribution is -2.52. The van der Waals surface area contributed by atoms with Gasteiger partial charge in [0.05, 0.1) is 12.1 Å². The quantitative estimate of drug-likeness (QED) is 0.327. The minimum Gasteiger partial charge on any atom is -0.494 e. The first kappa shape index (κ1) is 24.8. The Morgan fingerprint density at radius 3 is 2.67 bits per heavy atom. The molecule has 0 aliphatic carbocycles. The highest BCUT2D eigenvalue weighted by Gasteiger charge is 2.20. The maximum Gasteiger partial charge on any atom is 0.194 e. The van der Waals surface area contributed by atoms with Crippen molar-refractivity contribution in [1.82, 2.24) is 20.1 Å². The number of piperazine rings is 1. The molecule has 1 aromatic heterocycles. The number of aromatic nitrogens is 1. The first-order chi connectivity index (χ1) is 14.1. The number of guanidine groups is 1. The Hall–Kier alpha value is -1.46. The van der Waals surface area contributed by atoms with E-state index in [1.165, 1.54) is 12.0 Å². The van der Waals surface area contributed by atoms with Gasteiger partial charge in [-0.15, -0.1) is 35.3 Å². The van der Waals surface area contributed by atoms with Crippen LogP contribution in [0.5, 0.6) is 5.75 Å². The zero-order chi connectivity index (χ0) is 20.6. The van der Waals surface area contributed by atoms with Crippen LogP contribution in [0.25, 0.3) is 0 Å². The van der Waals surface area contributed by atoms with E-state index >= 15 is 0 Å². The van der Waals surface area contributed by atoms with E-state index in [-0.39, 0.29) is 35.5 Å². The highest BCUT2D eigenvalue weighted by molar-refractivity contribution is 14.0. The molecule has 1 aliphatic rings. The highest BCUT2D eigenvalue weighted by Crippen LogP contribution is 2.19. The zero-order valence-corrected chi connectivity index (χ0v) is 21.0. The third kappa shape index (κ3) is 7.05. The average Bonchev–Trinajstić information content (AvgIpc) is 3.13. The Bertz CT molecular complexity index is 823. The van der Waals surface area contributed by atoms with Crippen molar-refractivity contribution in [2.24, 2.45) is 4.99 Å². The molecule has 30 heavy (non-hydrogen) atoms. The molecule has 9 heteroatoms. The Balaban J connectivity index is 0.00000320. The van der Waals surface area contributed by atoms with E-state index in [2.05, 4.69) is 33.9 Å². The van der Waals surface area contributed by atoms with Crippen molar-refractivity contribution in [3.63, 3.8) is 0 Å². The van der Waals surface area contributed by atoms with Gasteiger partial charge in [-0.25, -0.2) is 9.37 Å². The fourth-order valence-corrected chi connectivity index (χ4v) is 4.16. The fourth-order valence-electron chi connectivity index (χ4n) is 3.38. The monoisotopic (exact) mass is 547 g/mol. The Morgan fingerprint density at radius 2 is 2.07 bits per heavy atom. The second-order valence-corrected chi connectivity index (χ2v) is 8.40. The van der Waals surface area contributed by atoms with Crippen molar-refractivity contribution >= 4 is 41.3 Å². The lowest BCUT2D eigenvalue weighted by molar-refractivity contribution is 0.172. The molecule has 3 rings (SSSR count). The molecule has 0 amide bonds. The van der Waals surface area contributed by atoms with Crippen LogP contribution in [0.3, 0.4) is 0 Å². The summed E-state index contributed by atoms with van der Waals surface area (Å²) >= 11 is 1.74. The molecule has 1 aromatic carbocycles. The number of ether oxygens (including phenoxy) is 1. The standard InChI is InChI=1S/C21H30FN5OS.HI/c1-4-23-21(24-8-7-20-25-14-16(2)29-20)27-11-9-26(10-12-27)15-17-5-6-19(28-3)18(22)13-17;/h5-6,13-14H,4,7-12,15H2,1-3H3,(H,23,24);1H. The second kappa shape index (κ2) is 12.4. The number of thiazole rings is 1. The average molecular weight is 547 g/mol. The Labute approximate surface area is 199 Å². The van der Waals surface area contributed by atoms with E-state index in [4.69, 9.17) is 9.73 Å². The van der Waals surface area contributed by atoms with Crippen LogP contribution < -0.4 is 10.1 Å². The molecule has 1 aliphatic heterocycles. The molecule has 1 N–H and O–H groups in total. The maximum absolute atomic E-state index is 13.9. The molecular formula is C21H31FIN5OS. The summed E-state index contributed by atoms with van der Waals surface area (Å²) in [4.78, 5) is 15.1. The van der Waals surface area contributed by atoms with Gasteiger partial charge in [0.15, 0.2) is 17.5 Å². The molecule has 0 radical (unpaired) electrons. The molecule has 166 valence electrons. The van der Waals surface area contributed by atoms with E-state index in [1.54, 1.807) is 23.5 Å². The van der Waals surface area contributed by atoms with Gasteiger partial charge >= 0.3 is 0 Å². The van der Waals surface area contributed by atoms with E-state index < -0.39 is 0 Å². The normalized spacial score (nSPS) is 15.1. The van der Waals surface area contributed by atoms with Crippen LogP contribution in [0, 0.1) is 12.7 Å². The number of aliphatic imine (C=N–C) groups is 1. The third-order valence-electron chi connectivity index (χ3n) is 4.89. The number of hydrogen-bond donors (Lipinski definition) is 1. The smallest absolute Gasteiger partial charge is 0.194 e. The second-order valence-electron chi connectivity index (χ2n) is 7.08. The third-order valence-corrected chi connectivity index (χ3v) is 5.86. The number of halogens is 2. The maximum atomic E-state index is 13.9. The van der Waals surface area contributed by atoms with Gasteiger partial charge in [0, 0.05) is 63.3 Å². The number of hydrogen-bond acceptors (Lipinski definition) is 5. The summed E-state index contributed by atoms with van der Waals surface area (Å²) in [5.74, 6) is 0.953. The van der Waals surface area contributed by atoms with Crippen LogP contribution in [0.1, 0.15) is 22.4 Å². The Morgan fingerprint density at radius 1 is 1.30 bits per heavy atom. The van der Waals surface area contributed by atoms with Crippen molar-refractivity contribution in [2.75, 3.05) is 46.4 Å². The van der Waals surface area contributed by atoms with Crippen LogP contribution in [0.2, 0.25) is 0 Å². The van der Waals surface area contributed by atoms with E-state index in [0.717, 1.165) is 68.8 Å². The van der Waals surface area contributed by atoms with Crippen LogP contribution in [0.4, 0.5) is 4.39 Å². The number of methoxy groups -OCH3 is 1. The minimum atomic E-state index is -0.305. The van der Waals surface area contributed by atoms with Gasteiger partial charge in [-0.2, -0.15) is 0 Å². The first-order valence-electron chi connectivity index (χ1n) is 10.1. The summed E-state index contributed by atoms with van der Waals surface area (Å²) in [6.45, 7) is 10.1. The van der Waals surface area contributed by atoms with Crippen LogP contribution in [0.15, 0.2) is 29.4 Å². The van der Waals surface area contributed by atoms with Crippen molar-refractivity contribution in [3.8, 4) is 5.75 Å². The molecule has 0 unspecified atom stereocenters. The molecule has 2 aromatic rings. The molecule has 0 saturated carbocycles. The van der Waals surface area contributed by atoms with E-state index in [1.807, 2.05) is 12.3 Å². The summed E-state index contributed by atoms with van der Waals surface area (Å²) in [5.41, 5.74) is 0.969. The summed E-state index contributed by atoms with van der Waals surface area (Å²) < 4.78 is 18.9. The topological polar surface area (TPSA) is 53.0 Å². The lowest BCUT2D eigenvalue weighted by Gasteiger charge is -2.36. The number of benzene rings is 1. The predicted octanol–water partition coefficient (Wildman–Crippen LogP) is 3.54. The van der Waals surface area contributed by atoms with Gasteiger partial charge in [0.1, 0.15) is 0 Å². The first-order valence-corrected chi connectivity index (χ1v) is 10.9. The van der Waals surface area contributed by atoms with Gasteiger partial charge in [-0.1, -0.05) is 6.07 Å². The number of nitrogens with one attached hydrogen (secondary N) is 1. The lowest BCUT2D eigenvalue weighted by atomic mass is 10.2. The summed E-state index contributed by atoms with van der Waals surface area (Å²) in [7, 11) is 1.48. The number of rotatable bonds is 7. The van der Waals surface area contributed by atoms with Crippen molar-refractivity contribution in [2.45, 2.75) is 26.8 Å². The van der Waals surface area contributed by atoms with Gasteiger partial charge in [0.25, 0.3) is 0 Å². The van der Waals surface area contributed by atoms with Gasteiger partial charge < -0.3 is 15.0 Å². The molecule has 6 nitrogen and oxygen atoms in total. The summed E-state index contributed by atoms with van der Waals surface area (Å²) in [6.07, 6.45) is 2.79. The molecule has 1 saturated heterocycles. The minimum absolute atomic E-state index is 0. The molecule has 1 fully saturated rings. The predicted molar refractivity (Wildman–Crippen MR) is 132 cm³/mol. The number of nitrogens with zero attached hydrogens (tertiary/aromatic N) is 4. The molecular weight excluding hydrogens is 516 g/mol. The Kier molecular flexibility index (Phi) is 10.3. The zero-order valence-electron chi connectivity index (χ0n) is 17.9. The van der Waals surface area contributed by atoms with Crippen molar-refractivity contribution in [3.05, 3.63) is 45.7 Å². The highest BCUT2D eigenvalue weighted by atomic mass is 127. The van der Waals surface area contributed by atoms with Gasteiger partial charge in [-0.05, 0) is 31.5 Å². The van der Waals surface area contributed by atoms with Crippen molar-refractivity contribution < 1.29 is 9.13 Å². The molecule has 0 spiro atoms. The van der Waals surface area contributed by atoms with E-state index in [9.17, 15) is 4.39 Å². The van der Waals surface area contributed by atoms with Gasteiger partial charge in [0.2, 0.25) is 0 Å². The van der Waals surface area contributed by atoms with Gasteiger partial charge in [-0.3, -0.25) is 9.89 Å². The SMILES string of the molecule is CCNC(=NCCc1ncc(C)s1)N1CCN(Cc2ccc(OC)c(F)c2)CC1.I. The molecule has 0 bridgehead atoms. The van der Waals surface area contributed by atoms with Crippen LogP contribution in [-0.4, -0.2) is 67.1 Å². The fraction of sp³-hybridized carbons (Fsp3) is 0.524. The molecule has 0 atom stereocenters. The van der Waals surface area contributed by atoms with Crippen LogP contribution >= 0.6 is 35.3 Å². The van der Waals surface area contributed by atoms with Crippen LogP contribution in [-0.2, 0) is 13.0 Å². The van der Waals surface area contributed by atoms with Crippen molar-refractivity contribution in [1.29, 1.82) is 0 Å². The van der Waals surface area contributed by atoms with E-state index in [0.29, 0.717) is 0 Å². The summed E-state index contributed by atoms with van der Waals surface area (Å²) in [5, 5.41) is 4.54. The summed E-state index contributed by atoms with van der Waals surface area (Å²) in [6, 6.07) is 5.19. The largest absolute Gasteiger partial charge is 0.494 e. The molecule has 2 heterocycles. The number of aryl methyl sites for hydroxylation is 1.